The molecule has 0 bridgehead atoms. The summed E-state index contributed by atoms with van der Waals surface area (Å²) < 4.78 is 5.60. The van der Waals surface area contributed by atoms with Crippen LogP contribution < -0.4 is 5.73 Å². The molecule has 1 amide bonds. The van der Waals surface area contributed by atoms with Gasteiger partial charge in [-0.15, -0.1) is 0 Å². The maximum absolute atomic E-state index is 11.9. The van der Waals surface area contributed by atoms with Gasteiger partial charge in [-0.05, 0) is 20.3 Å². The van der Waals surface area contributed by atoms with Gasteiger partial charge in [-0.2, -0.15) is 0 Å². The van der Waals surface area contributed by atoms with Crippen LogP contribution in [0, 0.1) is 0 Å². The van der Waals surface area contributed by atoms with Gasteiger partial charge in [0.25, 0.3) is 5.91 Å². The lowest BCUT2D eigenvalue weighted by atomic mass is 10.0. The fourth-order valence-corrected chi connectivity index (χ4v) is 1.80. The van der Waals surface area contributed by atoms with Gasteiger partial charge in [-0.3, -0.25) is 4.79 Å². The van der Waals surface area contributed by atoms with E-state index < -0.39 is 5.60 Å². The van der Waals surface area contributed by atoms with E-state index in [1.807, 2.05) is 4.90 Å². The molecule has 14 heavy (non-hydrogen) atoms. The Balaban J connectivity index is 2.71. The van der Waals surface area contributed by atoms with Crippen LogP contribution in [-0.2, 0) is 9.53 Å². The molecule has 4 heteroatoms. The van der Waals surface area contributed by atoms with Crippen molar-refractivity contribution < 1.29 is 9.53 Å². The molecule has 1 unspecified atom stereocenters. The van der Waals surface area contributed by atoms with Crippen molar-refractivity contribution in [3.05, 3.63) is 0 Å². The Kier molecular flexibility index (Phi) is 3.50. The van der Waals surface area contributed by atoms with Crippen molar-refractivity contribution >= 4 is 5.91 Å². The predicted molar refractivity (Wildman–Crippen MR) is 54.9 cm³/mol. The number of rotatable bonds is 3. The summed E-state index contributed by atoms with van der Waals surface area (Å²) in [7, 11) is 0. The molecule has 82 valence electrons. The number of nitrogens with two attached hydrogens (primary N) is 1. The van der Waals surface area contributed by atoms with Crippen LogP contribution in [0.2, 0.25) is 0 Å². The minimum atomic E-state index is -0.711. The molecule has 1 saturated heterocycles. The molecule has 0 aromatic carbocycles. The Morgan fingerprint density at radius 3 is 2.79 bits per heavy atom. The molecule has 0 radical (unpaired) electrons. The highest BCUT2D eigenvalue weighted by atomic mass is 16.5. The first-order valence-electron chi connectivity index (χ1n) is 5.18. The van der Waals surface area contributed by atoms with Gasteiger partial charge in [0, 0.05) is 19.6 Å². The van der Waals surface area contributed by atoms with E-state index in [1.54, 1.807) is 13.8 Å². The Hall–Kier alpha value is -0.610. The molecule has 1 aliphatic heterocycles. The Morgan fingerprint density at radius 2 is 2.29 bits per heavy atom. The molecule has 1 aliphatic rings. The Morgan fingerprint density at radius 1 is 1.64 bits per heavy atom. The van der Waals surface area contributed by atoms with Crippen molar-refractivity contribution in [3.63, 3.8) is 0 Å². The predicted octanol–water partition coefficient (Wildman–Crippen LogP) is 0.361. The highest BCUT2D eigenvalue weighted by Crippen LogP contribution is 2.22. The fourth-order valence-electron chi connectivity index (χ4n) is 1.80. The van der Waals surface area contributed by atoms with E-state index in [-0.39, 0.29) is 12.0 Å². The monoisotopic (exact) mass is 200 g/mol. The molecule has 0 aliphatic carbocycles. The van der Waals surface area contributed by atoms with Gasteiger partial charge in [0.15, 0.2) is 0 Å². The van der Waals surface area contributed by atoms with Crippen LogP contribution in [-0.4, -0.2) is 42.1 Å². The van der Waals surface area contributed by atoms with Crippen molar-refractivity contribution in [2.24, 2.45) is 5.73 Å². The van der Waals surface area contributed by atoms with Crippen LogP contribution in [0.3, 0.4) is 0 Å². The van der Waals surface area contributed by atoms with Crippen LogP contribution >= 0.6 is 0 Å². The molecule has 2 N–H and O–H groups in total. The summed E-state index contributed by atoms with van der Waals surface area (Å²) in [6, 6.07) is 0. The summed E-state index contributed by atoms with van der Waals surface area (Å²) in [5.41, 5.74) is 4.85. The fraction of sp³-hybridized carbons (Fsp3) is 0.900. The van der Waals surface area contributed by atoms with E-state index in [0.717, 1.165) is 13.0 Å². The second-order valence-corrected chi connectivity index (χ2v) is 4.24. The number of carbonyl (C=O) groups is 1. The van der Waals surface area contributed by atoms with E-state index in [1.165, 1.54) is 0 Å². The van der Waals surface area contributed by atoms with Crippen molar-refractivity contribution in [1.29, 1.82) is 0 Å². The third kappa shape index (κ3) is 2.25. The summed E-state index contributed by atoms with van der Waals surface area (Å²) in [5, 5.41) is 0. The second-order valence-electron chi connectivity index (χ2n) is 4.24. The molecule has 1 fully saturated rings. The zero-order chi connectivity index (χ0) is 10.8. The molecule has 0 aromatic heterocycles. The van der Waals surface area contributed by atoms with Gasteiger partial charge in [-0.1, -0.05) is 6.92 Å². The normalized spacial score (nSPS) is 26.7. The van der Waals surface area contributed by atoms with Crippen molar-refractivity contribution in [2.45, 2.75) is 38.9 Å². The average molecular weight is 200 g/mol. The van der Waals surface area contributed by atoms with E-state index in [4.69, 9.17) is 10.5 Å². The summed E-state index contributed by atoms with van der Waals surface area (Å²) in [6.45, 7) is 7.57. The molecular weight excluding hydrogens is 180 g/mol. The first kappa shape index (κ1) is 11.5. The second kappa shape index (κ2) is 4.28. The molecule has 1 rings (SSSR count). The number of amides is 1. The maximum atomic E-state index is 11.9. The first-order chi connectivity index (χ1) is 6.51. The van der Waals surface area contributed by atoms with E-state index in [2.05, 4.69) is 6.92 Å². The van der Waals surface area contributed by atoms with Crippen LogP contribution in [0.15, 0.2) is 0 Å². The lowest BCUT2D eigenvalue weighted by molar-refractivity contribution is -0.178. The summed E-state index contributed by atoms with van der Waals surface area (Å²) in [6.07, 6.45) is 0.952. The van der Waals surface area contributed by atoms with Gasteiger partial charge in [0.2, 0.25) is 0 Å². The molecule has 4 nitrogen and oxygen atoms in total. The molecule has 0 spiro atoms. The minimum absolute atomic E-state index is 0.0192. The quantitative estimate of drug-likeness (QED) is 0.715. The highest BCUT2D eigenvalue weighted by Gasteiger charge is 2.40. The van der Waals surface area contributed by atoms with Crippen molar-refractivity contribution in [1.82, 2.24) is 4.90 Å². The van der Waals surface area contributed by atoms with E-state index in [0.29, 0.717) is 13.1 Å². The number of carbonyl (C=O) groups excluding carboxylic acids is 1. The summed E-state index contributed by atoms with van der Waals surface area (Å²) >= 11 is 0. The third-order valence-corrected chi connectivity index (χ3v) is 2.44. The number of hydrogen-bond acceptors (Lipinski definition) is 3. The SMILES string of the molecule is CCCN1CC(CN)OC(C)(C)C1=O. The zero-order valence-electron chi connectivity index (χ0n) is 9.25. The lowest BCUT2D eigenvalue weighted by Gasteiger charge is -2.41. The van der Waals surface area contributed by atoms with Gasteiger partial charge < -0.3 is 15.4 Å². The maximum Gasteiger partial charge on any atom is 0.254 e. The minimum Gasteiger partial charge on any atom is -0.359 e. The van der Waals surface area contributed by atoms with Gasteiger partial charge in [0.1, 0.15) is 5.60 Å². The Labute approximate surface area is 85.4 Å². The third-order valence-electron chi connectivity index (χ3n) is 2.44. The van der Waals surface area contributed by atoms with E-state index >= 15 is 0 Å². The van der Waals surface area contributed by atoms with Crippen molar-refractivity contribution in [2.75, 3.05) is 19.6 Å². The van der Waals surface area contributed by atoms with Crippen LogP contribution in [0.4, 0.5) is 0 Å². The molecule has 0 aromatic rings. The highest BCUT2D eigenvalue weighted by molar-refractivity contribution is 5.85. The number of hydrogen-bond donors (Lipinski definition) is 1. The molecule has 1 atom stereocenters. The van der Waals surface area contributed by atoms with Crippen LogP contribution in [0.25, 0.3) is 0 Å². The summed E-state index contributed by atoms with van der Waals surface area (Å²) in [4.78, 5) is 13.7. The van der Waals surface area contributed by atoms with Crippen molar-refractivity contribution in [3.8, 4) is 0 Å². The van der Waals surface area contributed by atoms with Crippen LogP contribution in [0.5, 0.6) is 0 Å². The lowest BCUT2D eigenvalue weighted by Crippen LogP contribution is -2.58. The number of nitrogens with zero attached hydrogens (tertiary/aromatic N) is 1. The first-order valence-corrected chi connectivity index (χ1v) is 5.18. The largest absolute Gasteiger partial charge is 0.359 e. The zero-order valence-corrected chi connectivity index (χ0v) is 9.25. The van der Waals surface area contributed by atoms with Gasteiger partial charge in [0.05, 0.1) is 6.10 Å². The number of ether oxygens (including phenoxy) is 1. The standard InChI is InChI=1S/C10H20N2O2/c1-4-5-12-7-8(6-11)14-10(2,3)9(12)13/h8H,4-7,11H2,1-3H3. The molecule has 0 saturated carbocycles. The Bertz CT molecular complexity index is 216. The average Bonchev–Trinajstić information content (AvgIpc) is 2.12. The smallest absolute Gasteiger partial charge is 0.254 e. The van der Waals surface area contributed by atoms with Crippen LogP contribution in [0.1, 0.15) is 27.2 Å². The number of morpholine rings is 1. The van der Waals surface area contributed by atoms with Gasteiger partial charge in [-0.25, -0.2) is 0 Å². The topological polar surface area (TPSA) is 55.6 Å². The molecule has 1 heterocycles. The van der Waals surface area contributed by atoms with E-state index in [9.17, 15) is 4.79 Å². The summed E-state index contributed by atoms with van der Waals surface area (Å²) in [5.74, 6) is 0.0732. The molecular formula is C10H20N2O2. The van der Waals surface area contributed by atoms with Gasteiger partial charge >= 0.3 is 0 Å².